The molecular weight excluding hydrogens is 304 g/mol. The second-order valence-corrected chi connectivity index (χ2v) is 6.11. The number of carbonyl (C=O) groups is 1. The average molecular weight is 320 g/mol. The second kappa shape index (κ2) is 4.19. The number of nitrogens with zero attached hydrogens (tertiary/aromatic N) is 3. The highest BCUT2D eigenvalue weighted by Crippen LogP contribution is 2.64. The maximum atomic E-state index is 11.1. The van der Waals surface area contributed by atoms with Gasteiger partial charge in [0.15, 0.2) is 17.5 Å². The number of esters is 1. The van der Waals surface area contributed by atoms with Crippen molar-refractivity contribution < 1.29 is 24.5 Å². The number of ether oxygens (including phenoxy) is 2. The molecule has 122 valence electrons. The Morgan fingerprint density at radius 1 is 1.52 bits per heavy atom. The molecule has 0 spiro atoms. The molecule has 1 saturated carbocycles. The molecule has 0 radical (unpaired) electrons. The van der Waals surface area contributed by atoms with Crippen molar-refractivity contribution in [2.75, 3.05) is 5.73 Å². The molecule has 9 nitrogen and oxygen atoms in total. The first-order valence-electron chi connectivity index (χ1n) is 7.14. The summed E-state index contributed by atoms with van der Waals surface area (Å²) in [5, 5.41) is 25.3. The van der Waals surface area contributed by atoms with E-state index in [0.29, 0.717) is 17.0 Å². The molecule has 2 aromatic rings. The van der Waals surface area contributed by atoms with Gasteiger partial charge in [-0.05, 0) is 19.1 Å². The fourth-order valence-electron chi connectivity index (χ4n) is 3.50. The van der Waals surface area contributed by atoms with Crippen LogP contribution in [0, 0.1) is 0 Å². The predicted octanol–water partition coefficient (Wildman–Crippen LogP) is -0.821. The highest BCUT2D eigenvalue weighted by molar-refractivity contribution is 5.68. The normalized spacial score (nSPS) is 38.5. The van der Waals surface area contributed by atoms with Crippen LogP contribution >= 0.6 is 0 Å². The van der Waals surface area contributed by atoms with Crippen LogP contribution in [-0.2, 0) is 14.3 Å². The van der Waals surface area contributed by atoms with Gasteiger partial charge in [-0.3, -0.25) is 4.79 Å². The number of anilines is 1. The number of carbonyl (C=O) groups excluding carboxylic acids is 1. The molecule has 23 heavy (non-hydrogen) atoms. The number of fused-ring (bicyclic) bond motifs is 2. The lowest BCUT2D eigenvalue weighted by atomic mass is 10.0. The summed E-state index contributed by atoms with van der Waals surface area (Å²) in [7, 11) is 0. The Kier molecular flexibility index (Phi) is 2.62. The number of nitrogens with two attached hydrogens (primary N) is 1. The van der Waals surface area contributed by atoms with Crippen molar-refractivity contribution in [2.45, 2.75) is 43.4 Å². The maximum absolute atomic E-state index is 11.1. The van der Waals surface area contributed by atoms with Crippen LogP contribution in [0.3, 0.4) is 0 Å². The Morgan fingerprint density at radius 2 is 2.26 bits per heavy atom. The minimum atomic E-state index is -1.65. The number of hydrogen-bond acceptors (Lipinski definition) is 8. The predicted molar refractivity (Wildman–Crippen MR) is 76.1 cm³/mol. The number of hydrogen-bond donors (Lipinski definition) is 3. The van der Waals surface area contributed by atoms with Crippen LogP contribution in [0.2, 0.25) is 0 Å². The van der Waals surface area contributed by atoms with Crippen molar-refractivity contribution in [1.29, 1.82) is 0 Å². The molecule has 2 aliphatic rings. The molecule has 0 aromatic carbocycles. The van der Waals surface area contributed by atoms with Gasteiger partial charge < -0.3 is 25.4 Å². The first kappa shape index (κ1) is 14.4. The van der Waals surface area contributed by atoms with E-state index in [0.717, 1.165) is 0 Å². The Hall–Kier alpha value is -2.23. The average Bonchev–Trinajstić information content (AvgIpc) is 2.83. The molecule has 2 fully saturated rings. The number of rotatable bonds is 2. The third-order valence-corrected chi connectivity index (χ3v) is 4.81. The van der Waals surface area contributed by atoms with E-state index in [1.807, 2.05) is 0 Å². The van der Waals surface area contributed by atoms with Crippen LogP contribution in [0.25, 0.3) is 5.52 Å². The maximum Gasteiger partial charge on any atom is 0.303 e. The minimum absolute atomic E-state index is 0.298. The van der Waals surface area contributed by atoms with E-state index in [2.05, 4.69) is 10.1 Å². The summed E-state index contributed by atoms with van der Waals surface area (Å²) >= 11 is 0. The standard InChI is InChI=1S/C14H16N4O5/c1-6(19)22-12-13(2)14(12,21)10(20)9(23-13)7-3-4-8-11(15)16-5-17-18(7)8/h3-5,9-10,12,20-21H,1-2H3,(H2,15,16,17)/t9-,10-,12?,13+,14+/m0/s1. The Labute approximate surface area is 130 Å². The molecule has 1 unspecified atom stereocenters. The van der Waals surface area contributed by atoms with Crippen LogP contribution < -0.4 is 5.73 Å². The number of aliphatic hydroxyl groups is 2. The van der Waals surface area contributed by atoms with E-state index >= 15 is 0 Å². The highest BCUT2D eigenvalue weighted by atomic mass is 16.6. The summed E-state index contributed by atoms with van der Waals surface area (Å²) in [6.07, 6.45) is -1.70. The summed E-state index contributed by atoms with van der Waals surface area (Å²) in [6.45, 7) is 2.84. The molecule has 0 amide bonds. The van der Waals surface area contributed by atoms with Gasteiger partial charge in [-0.1, -0.05) is 0 Å². The van der Waals surface area contributed by atoms with E-state index in [4.69, 9.17) is 15.2 Å². The third-order valence-electron chi connectivity index (χ3n) is 4.81. The zero-order valence-corrected chi connectivity index (χ0v) is 12.5. The van der Waals surface area contributed by atoms with Crippen molar-refractivity contribution in [3.05, 3.63) is 24.2 Å². The summed E-state index contributed by atoms with van der Waals surface area (Å²) in [4.78, 5) is 15.0. The van der Waals surface area contributed by atoms with Crippen molar-refractivity contribution >= 4 is 17.3 Å². The molecule has 5 atom stereocenters. The molecule has 1 aliphatic carbocycles. The topological polar surface area (TPSA) is 132 Å². The Bertz CT molecular complexity index is 823. The summed E-state index contributed by atoms with van der Waals surface area (Å²) in [6, 6.07) is 3.41. The largest absolute Gasteiger partial charge is 0.456 e. The van der Waals surface area contributed by atoms with Crippen LogP contribution in [0.4, 0.5) is 5.82 Å². The number of aliphatic hydroxyl groups excluding tert-OH is 1. The monoisotopic (exact) mass is 320 g/mol. The van der Waals surface area contributed by atoms with E-state index in [1.54, 1.807) is 19.1 Å². The lowest BCUT2D eigenvalue weighted by molar-refractivity contribution is -0.154. The van der Waals surface area contributed by atoms with E-state index in [9.17, 15) is 15.0 Å². The molecular formula is C14H16N4O5. The minimum Gasteiger partial charge on any atom is -0.456 e. The van der Waals surface area contributed by atoms with Crippen LogP contribution in [-0.4, -0.2) is 54.2 Å². The summed E-state index contributed by atoms with van der Waals surface area (Å²) in [5.41, 5.74) is 4.09. The van der Waals surface area contributed by atoms with Gasteiger partial charge in [0.05, 0.1) is 5.69 Å². The molecule has 9 heteroatoms. The van der Waals surface area contributed by atoms with Gasteiger partial charge in [0.1, 0.15) is 29.7 Å². The van der Waals surface area contributed by atoms with E-state index in [-0.39, 0.29) is 0 Å². The first-order chi connectivity index (χ1) is 10.8. The van der Waals surface area contributed by atoms with Crippen molar-refractivity contribution in [1.82, 2.24) is 14.6 Å². The zero-order valence-electron chi connectivity index (χ0n) is 12.5. The first-order valence-corrected chi connectivity index (χ1v) is 7.14. The van der Waals surface area contributed by atoms with Gasteiger partial charge in [0.2, 0.25) is 0 Å². The van der Waals surface area contributed by atoms with Gasteiger partial charge in [0, 0.05) is 6.92 Å². The van der Waals surface area contributed by atoms with Crippen molar-refractivity contribution in [2.24, 2.45) is 0 Å². The van der Waals surface area contributed by atoms with Gasteiger partial charge in [-0.15, -0.1) is 0 Å². The fraction of sp³-hybridized carbons (Fsp3) is 0.500. The van der Waals surface area contributed by atoms with Crippen LogP contribution in [0.15, 0.2) is 18.5 Å². The third kappa shape index (κ3) is 1.58. The van der Waals surface area contributed by atoms with Gasteiger partial charge in [-0.25, -0.2) is 9.50 Å². The molecule has 3 heterocycles. The van der Waals surface area contributed by atoms with Gasteiger partial charge in [0.25, 0.3) is 0 Å². The summed E-state index contributed by atoms with van der Waals surface area (Å²) < 4.78 is 12.4. The SMILES string of the molecule is CC(=O)OC1[C@@]2(C)O[C@@H](c3ccc4c(N)ncnn34)[C@H](O)[C@@]12O. The molecule has 2 aromatic heterocycles. The Balaban J connectivity index is 1.71. The number of nitrogen functional groups attached to an aromatic ring is 1. The van der Waals surface area contributed by atoms with Crippen LogP contribution in [0.1, 0.15) is 25.6 Å². The van der Waals surface area contributed by atoms with Crippen molar-refractivity contribution in [3.63, 3.8) is 0 Å². The van der Waals surface area contributed by atoms with E-state index in [1.165, 1.54) is 17.8 Å². The molecule has 4 N–H and O–H groups in total. The fourth-order valence-corrected chi connectivity index (χ4v) is 3.50. The smallest absolute Gasteiger partial charge is 0.303 e. The molecule has 1 aliphatic heterocycles. The highest BCUT2D eigenvalue weighted by Gasteiger charge is 2.87. The second-order valence-electron chi connectivity index (χ2n) is 6.11. The Morgan fingerprint density at radius 3 is 2.87 bits per heavy atom. The van der Waals surface area contributed by atoms with Crippen LogP contribution in [0.5, 0.6) is 0 Å². The number of aromatic nitrogens is 3. The molecule has 1 saturated heterocycles. The summed E-state index contributed by atoms with van der Waals surface area (Å²) in [5.74, 6) is -0.244. The van der Waals surface area contributed by atoms with E-state index < -0.39 is 35.5 Å². The zero-order chi connectivity index (χ0) is 16.6. The molecule has 0 bridgehead atoms. The lowest BCUT2D eigenvalue weighted by Gasteiger charge is -2.22. The molecule has 4 rings (SSSR count). The van der Waals surface area contributed by atoms with Gasteiger partial charge in [-0.2, -0.15) is 5.10 Å². The van der Waals surface area contributed by atoms with Crippen molar-refractivity contribution in [3.8, 4) is 0 Å². The quantitative estimate of drug-likeness (QED) is 0.611. The lowest BCUT2D eigenvalue weighted by Crippen LogP contribution is -2.36. The van der Waals surface area contributed by atoms with Gasteiger partial charge >= 0.3 is 5.97 Å².